The Balaban J connectivity index is 1.79. The lowest BCUT2D eigenvalue weighted by Crippen LogP contribution is -2.37. The van der Waals surface area contributed by atoms with Crippen molar-refractivity contribution >= 4 is 18.3 Å². The van der Waals surface area contributed by atoms with Crippen molar-refractivity contribution in [2.75, 3.05) is 0 Å². The van der Waals surface area contributed by atoms with Gasteiger partial charge in [0.15, 0.2) is 0 Å². The maximum absolute atomic E-state index is 14.7. The van der Waals surface area contributed by atoms with Crippen molar-refractivity contribution in [3.05, 3.63) is 71.0 Å². The molecule has 11 heteroatoms. The van der Waals surface area contributed by atoms with Crippen molar-refractivity contribution in [1.29, 1.82) is 0 Å². The van der Waals surface area contributed by atoms with Gasteiger partial charge < -0.3 is 4.43 Å². The van der Waals surface area contributed by atoms with Gasteiger partial charge in [0.25, 0.3) is 0 Å². The molecule has 2 atom stereocenters. The predicted octanol–water partition coefficient (Wildman–Crippen LogP) is 5.17. The highest BCUT2D eigenvalue weighted by molar-refractivity contribution is 7.89. The van der Waals surface area contributed by atoms with Crippen molar-refractivity contribution in [3.63, 3.8) is 0 Å². The molecular formula is C20H20F4N2O3SSi. The van der Waals surface area contributed by atoms with E-state index in [9.17, 15) is 26.0 Å². The minimum Gasteiger partial charge on any atom is -0.547 e. The third-order valence-corrected chi connectivity index (χ3v) is 7.85. The van der Waals surface area contributed by atoms with E-state index in [0.717, 1.165) is 10.4 Å². The van der Waals surface area contributed by atoms with Gasteiger partial charge >= 0.3 is 6.18 Å². The summed E-state index contributed by atoms with van der Waals surface area (Å²) in [4.78, 5) is 2.89. The first kappa shape index (κ1) is 22.0. The van der Waals surface area contributed by atoms with E-state index in [1.165, 1.54) is 12.1 Å². The van der Waals surface area contributed by atoms with Crippen LogP contribution in [0.4, 0.5) is 17.6 Å². The number of rotatable bonds is 4. The Morgan fingerprint density at radius 3 is 2.45 bits per heavy atom. The summed E-state index contributed by atoms with van der Waals surface area (Å²) < 4.78 is 87.2. The summed E-state index contributed by atoms with van der Waals surface area (Å²) in [6.45, 7) is 5.96. The number of hydrogen-bond acceptors (Lipinski definition) is 4. The number of halogens is 4. The molecule has 3 heterocycles. The molecule has 4 rings (SSSR count). The summed E-state index contributed by atoms with van der Waals surface area (Å²) in [5, 5.41) is 0. The predicted molar refractivity (Wildman–Crippen MR) is 107 cm³/mol. The minimum absolute atomic E-state index is 0.213. The maximum atomic E-state index is 14.7. The summed E-state index contributed by atoms with van der Waals surface area (Å²) in [6.07, 6.45) is -2.18. The molecule has 0 radical (unpaired) electrons. The van der Waals surface area contributed by atoms with Crippen LogP contribution in [0.25, 0.3) is 0 Å². The van der Waals surface area contributed by atoms with E-state index in [2.05, 4.69) is 4.98 Å². The fourth-order valence-electron chi connectivity index (χ4n) is 4.01. The first-order chi connectivity index (χ1) is 14.3. The summed E-state index contributed by atoms with van der Waals surface area (Å²) >= 11 is 0. The van der Waals surface area contributed by atoms with Crippen LogP contribution in [-0.2, 0) is 20.6 Å². The molecule has 166 valence electrons. The van der Waals surface area contributed by atoms with Gasteiger partial charge in [-0.15, -0.1) is 0 Å². The van der Waals surface area contributed by atoms with Crippen molar-refractivity contribution in [2.24, 2.45) is 0 Å². The van der Waals surface area contributed by atoms with E-state index in [1.807, 2.05) is 19.6 Å². The van der Waals surface area contributed by atoms with Crippen LogP contribution in [0.1, 0.15) is 35.3 Å². The second kappa shape index (κ2) is 7.14. The Kier molecular flexibility index (Phi) is 5.06. The quantitative estimate of drug-likeness (QED) is 0.455. The summed E-state index contributed by atoms with van der Waals surface area (Å²) in [5.74, 6) is 0.0583. The molecule has 2 aliphatic heterocycles. The second-order valence-corrected chi connectivity index (χ2v) is 14.7. The first-order valence-corrected chi connectivity index (χ1v) is 14.4. The minimum atomic E-state index is -4.68. The molecule has 2 bridgehead atoms. The van der Waals surface area contributed by atoms with Gasteiger partial charge in [0.2, 0.25) is 18.3 Å². The van der Waals surface area contributed by atoms with Crippen LogP contribution in [0.5, 0.6) is 0 Å². The number of sulfonamides is 1. The van der Waals surface area contributed by atoms with Crippen molar-refractivity contribution in [2.45, 2.75) is 49.2 Å². The zero-order valence-electron chi connectivity index (χ0n) is 16.9. The van der Waals surface area contributed by atoms with E-state index in [-0.39, 0.29) is 16.9 Å². The van der Waals surface area contributed by atoms with Crippen LogP contribution in [0.2, 0.25) is 19.6 Å². The normalized spacial score (nSPS) is 21.6. The summed E-state index contributed by atoms with van der Waals surface area (Å²) in [7, 11) is -6.26. The second-order valence-electron chi connectivity index (χ2n) is 8.47. The van der Waals surface area contributed by atoms with E-state index in [4.69, 9.17) is 4.43 Å². The van der Waals surface area contributed by atoms with Crippen LogP contribution in [0.3, 0.4) is 0 Å². The monoisotopic (exact) mass is 472 g/mol. The lowest BCUT2D eigenvalue weighted by atomic mass is 10.0. The van der Waals surface area contributed by atoms with Crippen LogP contribution < -0.4 is 0 Å². The highest BCUT2D eigenvalue weighted by atomic mass is 32.2. The van der Waals surface area contributed by atoms with Crippen molar-refractivity contribution in [3.8, 4) is 0 Å². The average Bonchev–Trinajstić information content (AvgIpc) is 2.86. The molecule has 5 nitrogen and oxygen atoms in total. The van der Waals surface area contributed by atoms with Gasteiger partial charge in [-0.05, 0) is 49.5 Å². The van der Waals surface area contributed by atoms with Crippen LogP contribution in [-0.4, -0.2) is 26.0 Å². The zero-order valence-corrected chi connectivity index (χ0v) is 18.8. The van der Waals surface area contributed by atoms with Gasteiger partial charge in [-0.2, -0.15) is 17.5 Å². The SMILES string of the molecule is C[Si](C)(C)OC1=CC2c3c(F)cccc3C(C1)N2S(=O)(=O)c1ccc(C(F)(F)F)nc1. The number of fused-ring (bicyclic) bond motifs is 5. The van der Waals surface area contributed by atoms with Gasteiger partial charge in [-0.25, -0.2) is 12.8 Å². The number of aromatic nitrogens is 1. The smallest absolute Gasteiger partial charge is 0.433 e. The van der Waals surface area contributed by atoms with E-state index >= 15 is 0 Å². The lowest BCUT2D eigenvalue weighted by molar-refractivity contribution is -0.141. The summed E-state index contributed by atoms with van der Waals surface area (Å²) in [5.41, 5.74) is -0.419. The molecule has 2 aromatic rings. The molecule has 2 aliphatic rings. The number of alkyl halides is 3. The van der Waals surface area contributed by atoms with Gasteiger partial charge in [0.1, 0.15) is 16.4 Å². The van der Waals surface area contributed by atoms with Gasteiger partial charge in [0.05, 0.1) is 17.8 Å². The molecule has 0 aliphatic carbocycles. The first-order valence-electron chi connectivity index (χ1n) is 9.54. The molecule has 1 aromatic heterocycles. The molecule has 0 amide bonds. The third kappa shape index (κ3) is 3.90. The Morgan fingerprint density at radius 1 is 1.16 bits per heavy atom. The average molecular weight is 473 g/mol. The van der Waals surface area contributed by atoms with E-state index < -0.39 is 48.1 Å². The molecular weight excluding hydrogens is 452 g/mol. The molecule has 2 unspecified atom stereocenters. The van der Waals surface area contributed by atoms with E-state index in [1.54, 1.807) is 12.1 Å². The highest BCUT2D eigenvalue weighted by Crippen LogP contribution is 2.53. The summed E-state index contributed by atoms with van der Waals surface area (Å²) in [6, 6.07) is 4.27. The van der Waals surface area contributed by atoms with Crippen LogP contribution in [0, 0.1) is 5.82 Å². The standard InChI is InChI=1S/C20H20F4N2O3SSi/c1-31(2,3)29-12-9-16-14-5-4-6-15(21)19(14)17(10-12)26(16)30(27,28)13-7-8-18(25-11-13)20(22,23)24/h4-8,10-11,16-17H,9H2,1-3H3. The van der Waals surface area contributed by atoms with Gasteiger partial charge in [-0.1, -0.05) is 12.1 Å². The Labute approximate surface area is 178 Å². The van der Waals surface area contributed by atoms with Crippen molar-refractivity contribution in [1.82, 2.24) is 9.29 Å². The molecule has 31 heavy (non-hydrogen) atoms. The van der Waals surface area contributed by atoms with Crippen LogP contribution in [0.15, 0.2) is 53.3 Å². The fourth-order valence-corrected chi connectivity index (χ4v) is 6.61. The van der Waals surface area contributed by atoms with Gasteiger partial charge in [-0.3, -0.25) is 4.98 Å². The number of nitrogens with zero attached hydrogens (tertiary/aromatic N) is 2. The Bertz CT molecular complexity index is 1160. The Hall–Kier alpha value is -2.24. The van der Waals surface area contributed by atoms with E-state index in [0.29, 0.717) is 23.6 Å². The highest BCUT2D eigenvalue weighted by Gasteiger charge is 2.50. The fraction of sp³-hybridized carbons (Fsp3) is 0.350. The van der Waals surface area contributed by atoms with Crippen molar-refractivity contribution < 1.29 is 30.4 Å². The number of pyridine rings is 1. The third-order valence-electron chi connectivity index (χ3n) is 5.10. The molecule has 0 spiro atoms. The largest absolute Gasteiger partial charge is 0.547 e. The number of hydrogen-bond donors (Lipinski definition) is 0. The number of benzene rings is 1. The van der Waals surface area contributed by atoms with Crippen LogP contribution >= 0.6 is 0 Å². The Morgan fingerprint density at radius 2 is 1.87 bits per heavy atom. The zero-order chi connectivity index (χ0) is 22.8. The molecule has 0 fully saturated rings. The molecule has 1 aromatic carbocycles. The molecule has 0 N–H and O–H groups in total. The maximum Gasteiger partial charge on any atom is 0.433 e. The van der Waals surface area contributed by atoms with Gasteiger partial charge in [0, 0.05) is 18.2 Å². The molecule has 0 saturated heterocycles. The topological polar surface area (TPSA) is 59.5 Å². The lowest BCUT2D eigenvalue weighted by Gasteiger charge is -2.35. The molecule has 0 saturated carbocycles.